The first-order valence-electron chi connectivity index (χ1n) is 11.5. The van der Waals surface area contributed by atoms with E-state index in [4.69, 9.17) is 9.72 Å². The van der Waals surface area contributed by atoms with Crippen LogP contribution in [-0.2, 0) is 24.2 Å². The number of carbonyl (C=O) groups excluding carboxylic acids is 1. The SMILES string of the molecule is Cc1ccc(OCCn2c(CCNC(=O)CCc3ccccc3)nc3ccccc32)cc1C. The van der Waals surface area contributed by atoms with Crippen molar-refractivity contribution in [1.29, 1.82) is 0 Å². The van der Waals surface area contributed by atoms with E-state index >= 15 is 0 Å². The van der Waals surface area contributed by atoms with Gasteiger partial charge in [0.15, 0.2) is 0 Å². The number of imidazole rings is 1. The molecule has 0 aliphatic carbocycles. The Balaban J connectivity index is 1.34. The van der Waals surface area contributed by atoms with Crippen LogP contribution in [0.15, 0.2) is 72.8 Å². The van der Waals surface area contributed by atoms with E-state index < -0.39 is 0 Å². The molecule has 0 fully saturated rings. The first-order chi connectivity index (χ1) is 16.1. The molecule has 0 atom stereocenters. The van der Waals surface area contributed by atoms with Crippen molar-refractivity contribution in [1.82, 2.24) is 14.9 Å². The fourth-order valence-corrected chi connectivity index (χ4v) is 3.93. The summed E-state index contributed by atoms with van der Waals surface area (Å²) in [5.41, 5.74) is 5.72. The molecule has 0 saturated carbocycles. The van der Waals surface area contributed by atoms with E-state index in [0.29, 0.717) is 32.5 Å². The molecular formula is C28H31N3O2. The first-order valence-corrected chi connectivity index (χ1v) is 11.5. The highest BCUT2D eigenvalue weighted by molar-refractivity contribution is 5.77. The Bertz CT molecular complexity index is 1210. The molecule has 0 aliphatic rings. The van der Waals surface area contributed by atoms with Gasteiger partial charge in [0.1, 0.15) is 18.2 Å². The Morgan fingerprint density at radius 2 is 1.73 bits per heavy atom. The molecule has 4 rings (SSSR count). The molecule has 33 heavy (non-hydrogen) atoms. The van der Waals surface area contributed by atoms with Crippen molar-refractivity contribution in [2.75, 3.05) is 13.2 Å². The molecule has 1 aromatic heterocycles. The smallest absolute Gasteiger partial charge is 0.220 e. The van der Waals surface area contributed by atoms with Crippen molar-refractivity contribution in [2.24, 2.45) is 0 Å². The second kappa shape index (κ2) is 10.8. The first kappa shape index (κ1) is 22.6. The summed E-state index contributed by atoms with van der Waals surface area (Å²) in [4.78, 5) is 17.1. The lowest BCUT2D eigenvalue weighted by atomic mass is 10.1. The number of hydrogen-bond acceptors (Lipinski definition) is 3. The van der Waals surface area contributed by atoms with Gasteiger partial charge in [-0.15, -0.1) is 0 Å². The molecule has 0 radical (unpaired) electrons. The van der Waals surface area contributed by atoms with E-state index in [1.54, 1.807) is 0 Å². The van der Waals surface area contributed by atoms with Gasteiger partial charge in [0.25, 0.3) is 0 Å². The maximum absolute atomic E-state index is 12.3. The van der Waals surface area contributed by atoms with Crippen LogP contribution in [0, 0.1) is 13.8 Å². The number of amides is 1. The van der Waals surface area contributed by atoms with E-state index in [1.165, 1.54) is 16.7 Å². The van der Waals surface area contributed by atoms with Crippen molar-refractivity contribution < 1.29 is 9.53 Å². The molecule has 0 bridgehead atoms. The number of nitrogens with one attached hydrogen (secondary N) is 1. The summed E-state index contributed by atoms with van der Waals surface area (Å²) >= 11 is 0. The summed E-state index contributed by atoms with van der Waals surface area (Å²) in [6.45, 7) is 6.01. The molecule has 170 valence electrons. The van der Waals surface area contributed by atoms with Gasteiger partial charge in [-0.1, -0.05) is 48.5 Å². The molecule has 4 aromatic rings. The average molecular weight is 442 g/mol. The van der Waals surface area contributed by atoms with Crippen molar-refractivity contribution in [3.63, 3.8) is 0 Å². The molecule has 0 spiro atoms. The van der Waals surface area contributed by atoms with Gasteiger partial charge in [0, 0.05) is 19.4 Å². The number of ether oxygens (including phenoxy) is 1. The van der Waals surface area contributed by atoms with Crippen molar-refractivity contribution >= 4 is 16.9 Å². The molecular weight excluding hydrogens is 410 g/mol. The zero-order valence-electron chi connectivity index (χ0n) is 19.4. The zero-order valence-corrected chi connectivity index (χ0v) is 19.4. The van der Waals surface area contributed by atoms with Gasteiger partial charge in [0.2, 0.25) is 5.91 Å². The van der Waals surface area contributed by atoms with E-state index in [9.17, 15) is 4.79 Å². The minimum Gasteiger partial charge on any atom is -0.492 e. The number of aryl methyl sites for hydroxylation is 3. The second-order valence-corrected chi connectivity index (χ2v) is 8.35. The standard InChI is InChI=1S/C28H31N3O2/c1-21-12-14-24(20-22(21)2)33-19-18-31-26-11-7-6-10-25(26)30-27(31)16-17-29-28(32)15-13-23-8-4-3-5-9-23/h3-12,14,20H,13,15-19H2,1-2H3,(H,29,32). The fraction of sp³-hybridized carbons (Fsp3) is 0.286. The monoisotopic (exact) mass is 441 g/mol. The summed E-state index contributed by atoms with van der Waals surface area (Å²) < 4.78 is 8.22. The number of fused-ring (bicyclic) bond motifs is 1. The highest BCUT2D eigenvalue weighted by atomic mass is 16.5. The number of benzene rings is 3. The molecule has 5 nitrogen and oxygen atoms in total. The van der Waals surface area contributed by atoms with Crippen LogP contribution >= 0.6 is 0 Å². The molecule has 0 saturated heterocycles. The van der Waals surface area contributed by atoms with Crippen LogP contribution in [0.3, 0.4) is 0 Å². The van der Waals surface area contributed by atoms with Crippen LogP contribution in [0.1, 0.15) is 28.9 Å². The third kappa shape index (κ3) is 6.01. The summed E-state index contributed by atoms with van der Waals surface area (Å²) in [7, 11) is 0. The molecule has 5 heteroatoms. The van der Waals surface area contributed by atoms with E-state index in [0.717, 1.165) is 29.0 Å². The second-order valence-electron chi connectivity index (χ2n) is 8.35. The highest BCUT2D eigenvalue weighted by Crippen LogP contribution is 2.19. The lowest BCUT2D eigenvalue weighted by Crippen LogP contribution is -2.27. The zero-order chi connectivity index (χ0) is 23.0. The molecule has 1 heterocycles. The Hall–Kier alpha value is -3.60. The van der Waals surface area contributed by atoms with Crippen LogP contribution in [0.4, 0.5) is 0 Å². The minimum absolute atomic E-state index is 0.0691. The van der Waals surface area contributed by atoms with Gasteiger partial charge in [-0.25, -0.2) is 4.98 Å². The van der Waals surface area contributed by atoms with E-state index in [-0.39, 0.29) is 5.91 Å². The Morgan fingerprint density at radius 3 is 2.55 bits per heavy atom. The van der Waals surface area contributed by atoms with Crippen LogP contribution in [0.2, 0.25) is 0 Å². The molecule has 1 N–H and O–H groups in total. The van der Waals surface area contributed by atoms with Crippen LogP contribution in [0.25, 0.3) is 11.0 Å². The number of rotatable bonds is 10. The summed E-state index contributed by atoms with van der Waals surface area (Å²) in [6.07, 6.45) is 1.92. The number of hydrogen-bond donors (Lipinski definition) is 1. The summed E-state index contributed by atoms with van der Waals surface area (Å²) in [5, 5.41) is 3.04. The molecule has 0 aliphatic heterocycles. The van der Waals surface area contributed by atoms with E-state index in [2.05, 4.69) is 54.1 Å². The predicted octanol–water partition coefficient (Wildman–Crippen LogP) is 5.02. The van der Waals surface area contributed by atoms with Crippen LogP contribution < -0.4 is 10.1 Å². The number of nitrogens with zero attached hydrogens (tertiary/aromatic N) is 2. The third-order valence-electron chi connectivity index (χ3n) is 5.95. The van der Waals surface area contributed by atoms with Crippen LogP contribution in [-0.4, -0.2) is 28.6 Å². The lowest BCUT2D eigenvalue weighted by molar-refractivity contribution is -0.121. The lowest BCUT2D eigenvalue weighted by Gasteiger charge is -2.12. The molecule has 1 amide bonds. The van der Waals surface area contributed by atoms with Gasteiger partial charge in [-0.05, 0) is 61.2 Å². The van der Waals surface area contributed by atoms with Gasteiger partial charge in [-0.2, -0.15) is 0 Å². The van der Waals surface area contributed by atoms with Gasteiger partial charge in [0.05, 0.1) is 17.6 Å². The Labute approximate surface area is 195 Å². The topological polar surface area (TPSA) is 56.1 Å². The number of para-hydroxylation sites is 2. The number of aromatic nitrogens is 2. The summed E-state index contributed by atoms with van der Waals surface area (Å²) in [5.74, 6) is 1.91. The fourth-order valence-electron chi connectivity index (χ4n) is 3.93. The molecule has 0 unspecified atom stereocenters. The minimum atomic E-state index is 0.0691. The predicted molar refractivity (Wildman–Crippen MR) is 133 cm³/mol. The van der Waals surface area contributed by atoms with Gasteiger partial charge in [-0.3, -0.25) is 4.79 Å². The molecule has 3 aromatic carbocycles. The maximum Gasteiger partial charge on any atom is 0.220 e. The van der Waals surface area contributed by atoms with Crippen LogP contribution in [0.5, 0.6) is 5.75 Å². The number of carbonyl (C=O) groups is 1. The van der Waals surface area contributed by atoms with Gasteiger partial charge >= 0.3 is 0 Å². The highest BCUT2D eigenvalue weighted by Gasteiger charge is 2.11. The van der Waals surface area contributed by atoms with Gasteiger partial charge < -0.3 is 14.6 Å². The quantitative estimate of drug-likeness (QED) is 0.376. The Kier molecular flexibility index (Phi) is 7.40. The summed E-state index contributed by atoms with van der Waals surface area (Å²) in [6, 6.07) is 24.4. The van der Waals surface area contributed by atoms with Crippen molar-refractivity contribution in [3.8, 4) is 5.75 Å². The van der Waals surface area contributed by atoms with Crippen molar-refractivity contribution in [3.05, 3.63) is 95.3 Å². The Morgan fingerprint density at radius 1 is 0.939 bits per heavy atom. The third-order valence-corrected chi connectivity index (χ3v) is 5.95. The average Bonchev–Trinajstić information content (AvgIpc) is 3.18. The normalized spacial score (nSPS) is 11.0. The largest absolute Gasteiger partial charge is 0.492 e. The van der Waals surface area contributed by atoms with Crippen molar-refractivity contribution in [2.45, 2.75) is 39.7 Å². The van der Waals surface area contributed by atoms with E-state index in [1.807, 2.05) is 42.5 Å². The maximum atomic E-state index is 12.3.